The fourth-order valence-corrected chi connectivity index (χ4v) is 0.957. The first-order valence-corrected chi connectivity index (χ1v) is 4.18. The first kappa shape index (κ1) is 9.67. The van der Waals surface area contributed by atoms with Gasteiger partial charge in [-0.3, -0.25) is 9.69 Å². The molecule has 1 amide bonds. The van der Waals surface area contributed by atoms with Crippen LogP contribution in [0.4, 0.5) is 5.69 Å². The maximum Gasteiger partial charge on any atom is 0.216 e. The summed E-state index contributed by atoms with van der Waals surface area (Å²) in [5.74, 6) is 0. The van der Waals surface area contributed by atoms with E-state index in [0.717, 1.165) is 11.2 Å². The van der Waals surface area contributed by atoms with Crippen LogP contribution in [0.3, 0.4) is 0 Å². The molecule has 0 spiro atoms. The Morgan fingerprint density at radius 2 is 2.08 bits per heavy atom. The molecule has 0 heterocycles. The van der Waals surface area contributed by atoms with Gasteiger partial charge in [-0.25, -0.2) is 0 Å². The summed E-state index contributed by atoms with van der Waals surface area (Å²) in [6, 6.07) is 9.22. The molecule has 0 saturated heterocycles. The topological polar surface area (TPSA) is 29.5 Å². The van der Waals surface area contributed by atoms with Crippen molar-refractivity contribution < 1.29 is 9.53 Å². The number of ether oxygens (including phenoxy) is 1. The summed E-state index contributed by atoms with van der Waals surface area (Å²) in [7, 11) is 0. The van der Waals surface area contributed by atoms with Gasteiger partial charge in [-0.2, -0.15) is 0 Å². The van der Waals surface area contributed by atoms with Gasteiger partial charge >= 0.3 is 0 Å². The first-order valence-electron chi connectivity index (χ1n) is 3.70. The highest BCUT2D eigenvalue weighted by Crippen LogP contribution is 2.10. The lowest BCUT2D eigenvalue weighted by Crippen LogP contribution is -2.23. The predicted molar refractivity (Wildman–Crippen MR) is 54.6 cm³/mol. The molecule has 68 valence electrons. The number of para-hydroxylation sites is 1. The van der Waals surface area contributed by atoms with Crippen molar-refractivity contribution in [1.82, 2.24) is 0 Å². The molecule has 0 aliphatic rings. The molecule has 0 aliphatic heterocycles. The highest BCUT2D eigenvalue weighted by molar-refractivity contribution is 7.78. The molecule has 0 aromatic heterocycles. The van der Waals surface area contributed by atoms with Crippen molar-refractivity contribution in [3.8, 4) is 0 Å². The maximum absolute atomic E-state index is 10.6. The van der Waals surface area contributed by atoms with E-state index in [2.05, 4.69) is 12.2 Å². The maximum atomic E-state index is 10.6. The summed E-state index contributed by atoms with van der Waals surface area (Å²) in [5.41, 5.74) is 1.92. The zero-order valence-electron chi connectivity index (χ0n) is 6.92. The molecule has 0 radical (unpaired) electrons. The molecule has 0 saturated carbocycles. The van der Waals surface area contributed by atoms with E-state index in [1.165, 1.54) is 4.90 Å². The van der Waals surface area contributed by atoms with Crippen LogP contribution in [0, 0.1) is 0 Å². The highest BCUT2D eigenvalue weighted by Gasteiger charge is 2.02. The molecular weight excluding hydrogens is 186 g/mol. The molecule has 0 aliphatic carbocycles. The highest BCUT2D eigenvalue weighted by atomic mass is 32.1. The van der Waals surface area contributed by atoms with E-state index in [1.54, 1.807) is 0 Å². The molecule has 0 unspecified atom stereocenters. The number of amides is 1. The van der Waals surface area contributed by atoms with E-state index in [0.29, 0.717) is 6.41 Å². The fraction of sp³-hybridized carbons (Fsp3) is 0.111. The Morgan fingerprint density at radius 3 is 2.62 bits per heavy atom. The van der Waals surface area contributed by atoms with Gasteiger partial charge in [0.15, 0.2) is 6.73 Å². The number of carbonyl (C=O) groups excluding carboxylic acids is 1. The molecular formula is C9H9NO2S. The van der Waals surface area contributed by atoms with Crippen molar-refractivity contribution in [2.75, 3.05) is 11.6 Å². The van der Waals surface area contributed by atoms with Crippen LogP contribution in [0.5, 0.6) is 0 Å². The number of rotatable bonds is 5. The minimum Gasteiger partial charge on any atom is -0.469 e. The zero-order chi connectivity index (χ0) is 9.52. The van der Waals surface area contributed by atoms with E-state index < -0.39 is 0 Å². The van der Waals surface area contributed by atoms with Crippen LogP contribution in [0.25, 0.3) is 0 Å². The van der Waals surface area contributed by atoms with E-state index >= 15 is 0 Å². The second-order valence-corrected chi connectivity index (χ2v) is 2.50. The average molecular weight is 195 g/mol. The van der Waals surface area contributed by atoms with Gasteiger partial charge in [0.05, 0.1) is 0 Å². The van der Waals surface area contributed by atoms with Crippen LogP contribution in [0.15, 0.2) is 30.3 Å². The summed E-state index contributed by atoms with van der Waals surface area (Å²) >= 11 is 4.48. The number of hydrogen-bond acceptors (Lipinski definition) is 3. The third-order valence-corrected chi connectivity index (χ3v) is 1.63. The normalized spacial score (nSPS) is 8.92. The predicted octanol–water partition coefficient (Wildman–Crippen LogP) is 1.58. The third kappa shape index (κ3) is 2.83. The monoisotopic (exact) mass is 195 g/mol. The van der Waals surface area contributed by atoms with Crippen LogP contribution in [0.2, 0.25) is 0 Å². The van der Waals surface area contributed by atoms with Gasteiger partial charge in [-0.15, -0.1) is 0 Å². The van der Waals surface area contributed by atoms with Gasteiger partial charge in [0.25, 0.3) is 0 Å². The number of hydrogen-bond donors (Lipinski definition) is 0. The van der Waals surface area contributed by atoms with Gasteiger partial charge in [-0.05, 0) is 24.4 Å². The Kier molecular flexibility index (Phi) is 3.92. The zero-order valence-corrected chi connectivity index (χ0v) is 7.74. The molecule has 0 N–H and O–H groups in total. The van der Waals surface area contributed by atoms with Gasteiger partial charge in [0.1, 0.15) is 5.55 Å². The molecule has 4 heteroatoms. The van der Waals surface area contributed by atoms with Crippen molar-refractivity contribution in [3.05, 3.63) is 30.3 Å². The second kappa shape index (κ2) is 5.27. The molecule has 0 atom stereocenters. The lowest BCUT2D eigenvalue weighted by atomic mass is 10.3. The standard InChI is InChI=1S/C9H9NO2S/c11-6-10(7-12-8-13)9-4-2-1-3-5-9/h1-6,8H,7H2. The van der Waals surface area contributed by atoms with E-state index in [1.807, 2.05) is 30.3 Å². The van der Waals surface area contributed by atoms with Gasteiger partial charge < -0.3 is 4.74 Å². The Bertz CT molecular complexity index is 276. The summed E-state index contributed by atoms with van der Waals surface area (Å²) < 4.78 is 4.83. The molecule has 13 heavy (non-hydrogen) atoms. The second-order valence-electron chi connectivity index (χ2n) is 2.30. The van der Waals surface area contributed by atoms with E-state index in [-0.39, 0.29) is 6.73 Å². The summed E-state index contributed by atoms with van der Waals surface area (Å²) in [5, 5.41) is 0. The van der Waals surface area contributed by atoms with Crippen LogP contribution in [-0.4, -0.2) is 18.7 Å². The van der Waals surface area contributed by atoms with E-state index in [9.17, 15) is 4.79 Å². The van der Waals surface area contributed by atoms with Crippen molar-refractivity contribution >= 4 is 29.9 Å². The fourth-order valence-electron chi connectivity index (χ4n) is 0.896. The van der Waals surface area contributed by atoms with Crippen LogP contribution >= 0.6 is 12.2 Å². The smallest absolute Gasteiger partial charge is 0.216 e. The minimum absolute atomic E-state index is 0.150. The first-order chi connectivity index (χ1) is 6.38. The van der Waals surface area contributed by atoms with Crippen molar-refractivity contribution in [3.63, 3.8) is 0 Å². The van der Waals surface area contributed by atoms with Crippen LogP contribution in [0.1, 0.15) is 0 Å². The summed E-state index contributed by atoms with van der Waals surface area (Å²) in [6.07, 6.45) is 0.703. The van der Waals surface area contributed by atoms with Gasteiger partial charge in [0, 0.05) is 5.69 Å². The summed E-state index contributed by atoms with van der Waals surface area (Å²) in [6.45, 7) is 0.150. The van der Waals surface area contributed by atoms with Crippen LogP contribution in [-0.2, 0) is 9.53 Å². The van der Waals surface area contributed by atoms with Crippen LogP contribution < -0.4 is 4.90 Å². The van der Waals surface area contributed by atoms with Gasteiger partial charge in [-0.1, -0.05) is 18.2 Å². The SMILES string of the molecule is O=CN(COC=S)c1ccccc1. The Morgan fingerprint density at radius 1 is 1.38 bits per heavy atom. The Balaban J connectivity index is 2.66. The van der Waals surface area contributed by atoms with E-state index in [4.69, 9.17) is 4.74 Å². The number of anilines is 1. The molecule has 3 nitrogen and oxygen atoms in total. The number of nitrogens with zero attached hydrogens (tertiary/aromatic N) is 1. The van der Waals surface area contributed by atoms with Crippen molar-refractivity contribution in [2.45, 2.75) is 0 Å². The number of benzene rings is 1. The van der Waals surface area contributed by atoms with Gasteiger partial charge in [0.2, 0.25) is 6.41 Å². The third-order valence-electron chi connectivity index (χ3n) is 1.50. The minimum atomic E-state index is 0.150. The molecule has 1 rings (SSSR count). The summed E-state index contributed by atoms with van der Waals surface area (Å²) in [4.78, 5) is 12.0. The lowest BCUT2D eigenvalue weighted by molar-refractivity contribution is -0.108. The Hall–Kier alpha value is -1.42. The molecule has 0 fully saturated rings. The van der Waals surface area contributed by atoms with Crippen molar-refractivity contribution in [2.24, 2.45) is 0 Å². The quantitative estimate of drug-likeness (QED) is 0.406. The Labute approximate surface area is 81.9 Å². The molecule has 1 aromatic carbocycles. The van der Waals surface area contributed by atoms with Crippen molar-refractivity contribution in [1.29, 1.82) is 0 Å². The molecule has 1 aromatic rings. The largest absolute Gasteiger partial charge is 0.469 e. The number of thiocarbonyl (C=S) groups is 1. The lowest BCUT2D eigenvalue weighted by Gasteiger charge is -2.15. The average Bonchev–Trinajstić information content (AvgIpc) is 2.21. The number of carbonyl (C=O) groups is 1. The molecule has 0 bridgehead atoms.